The van der Waals surface area contributed by atoms with Gasteiger partial charge in [-0.2, -0.15) is 0 Å². The second-order valence-electron chi connectivity index (χ2n) is 1.48. The number of rotatable bonds is 4. The van der Waals surface area contributed by atoms with Crippen molar-refractivity contribution in [2.45, 2.75) is 27.1 Å². The van der Waals surface area contributed by atoms with Crippen molar-refractivity contribution in [1.29, 1.82) is 0 Å². The molecule has 0 aromatic carbocycles. The first kappa shape index (κ1) is 12.5. The average Bonchev–Trinajstić information content (AvgIpc) is 1.93. The standard InChI is InChI=1S/C6H14O2.H3NO/c1-4-7-6(3)8-5-2;1-2/h6H,4-5H2,1-3H3;2H,1H2. The van der Waals surface area contributed by atoms with Crippen LogP contribution in [0.15, 0.2) is 0 Å². The normalized spacial score (nSPS) is 9.00. The molecule has 0 spiro atoms. The number of nitrogens with two attached hydrogens (primary N) is 1. The Kier molecular flexibility index (Phi) is 14.5. The molecular formula is C6H17NO3. The first-order chi connectivity index (χ1) is 4.81. The molecule has 64 valence electrons. The van der Waals surface area contributed by atoms with Crippen molar-refractivity contribution in [1.82, 2.24) is 0 Å². The summed E-state index contributed by atoms with van der Waals surface area (Å²) in [5.74, 6) is 3.50. The van der Waals surface area contributed by atoms with Crippen LogP contribution >= 0.6 is 0 Å². The second-order valence-corrected chi connectivity index (χ2v) is 1.48. The summed E-state index contributed by atoms with van der Waals surface area (Å²) in [5.41, 5.74) is 0. The molecule has 0 atom stereocenters. The lowest BCUT2D eigenvalue weighted by Gasteiger charge is -2.09. The molecule has 0 unspecified atom stereocenters. The molecule has 0 rings (SSSR count). The molecule has 3 N–H and O–H groups in total. The van der Waals surface area contributed by atoms with Crippen molar-refractivity contribution in [3.05, 3.63) is 0 Å². The molecule has 4 nitrogen and oxygen atoms in total. The lowest BCUT2D eigenvalue weighted by molar-refractivity contribution is -0.123. The molecule has 4 heteroatoms. The molecule has 0 aromatic rings. The van der Waals surface area contributed by atoms with Gasteiger partial charge in [-0.3, -0.25) is 0 Å². The predicted molar refractivity (Wildman–Crippen MR) is 38.7 cm³/mol. The van der Waals surface area contributed by atoms with Gasteiger partial charge in [0.25, 0.3) is 0 Å². The van der Waals surface area contributed by atoms with Crippen LogP contribution in [-0.4, -0.2) is 24.7 Å². The smallest absolute Gasteiger partial charge is 0.154 e. The van der Waals surface area contributed by atoms with Crippen LogP contribution in [0, 0.1) is 0 Å². The largest absolute Gasteiger partial charge is 0.353 e. The number of ether oxygens (including phenoxy) is 2. The minimum Gasteiger partial charge on any atom is -0.353 e. The van der Waals surface area contributed by atoms with E-state index in [1.54, 1.807) is 0 Å². The topological polar surface area (TPSA) is 64.7 Å². The molecular weight excluding hydrogens is 134 g/mol. The third kappa shape index (κ3) is 10.8. The van der Waals surface area contributed by atoms with Gasteiger partial charge in [-0.25, -0.2) is 5.90 Å². The van der Waals surface area contributed by atoms with Crippen molar-refractivity contribution >= 4 is 0 Å². The van der Waals surface area contributed by atoms with Gasteiger partial charge in [0.2, 0.25) is 0 Å². The summed E-state index contributed by atoms with van der Waals surface area (Å²) in [6, 6.07) is 0. The molecule has 10 heavy (non-hydrogen) atoms. The first-order valence-electron chi connectivity index (χ1n) is 3.30. The molecule has 0 saturated carbocycles. The Labute approximate surface area is 61.9 Å². The van der Waals surface area contributed by atoms with E-state index in [4.69, 9.17) is 14.7 Å². The highest BCUT2D eigenvalue weighted by molar-refractivity contribution is 4.26. The van der Waals surface area contributed by atoms with E-state index in [1.165, 1.54) is 0 Å². The van der Waals surface area contributed by atoms with E-state index in [1.807, 2.05) is 20.8 Å². The van der Waals surface area contributed by atoms with Gasteiger partial charge in [0, 0.05) is 13.2 Å². The fraction of sp³-hybridized carbons (Fsp3) is 1.00. The van der Waals surface area contributed by atoms with Crippen molar-refractivity contribution < 1.29 is 14.7 Å². The van der Waals surface area contributed by atoms with Crippen molar-refractivity contribution in [2.24, 2.45) is 5.90 Å². The Morgan fingerprint density at radius 1 is 1.20 bits per heavy atom. The summed E-state index contributed by atoms with van der Waals surface area (Å²) in [6.07, 6.45) is -0.0370. The maximum atomic E-state index is 6.50. The summed E-state index contributed by atoms with van der Waals surface area (Å²) < 4.78 is 10.1. The second kappa shape index (κ2) is 11.6. The van der Waals surface area contributed by atoms with Gasteiger partial charge in [-0.05, 0) is 20.8 Å². The quantitative estimate of drug-likeness (QED) is 0.459. The number of hydrogen-bond donors (Lipinski definition) is 2. The highest BCUT2D eigenvalue weighted by Gasteiger charge is 1.94. The van der Waals surface area contributed by atoms with E-state index in [-0.39, 0.29) is 6.29 Å². The Balaban J connectivity index is 0. The van der Waals surface area contributed by atoms with E-state index < -0.39 is 0 Å². The van der Waals surface area contributed by atoms with Crippen LogP contribution in [0.4, 0.5) is 0 Å². The summed E-state index contributed by atoms with van der Waals surface area (Å²) in [7, 11) is 0. The van der Waals surface area contributed by atoms with Crippen LogP contribution in [0.3, 0.4) is 0 Å². The highest BCUT2D eigenvalue weighted by atomic mass is 16.7. The van der Waals surface area contributed by atoms with E-state index in [0.717, 1.165) is 13.2 Å². The maximum absolute atomic E-state index is 6.50. The zero-order valence-corrected chi connectivity index (χ0v) is 6.83. The molecule has 0 aliphatic heterocycles. The van der Waals surface area contributed by atoms with Crippen LogP contribution < -0.4 is 5.90 Å². The molecule has 0 fully saturated rings. The van der Waals surface area contributed by atoms with Crippen LogP contribution in [0.25, 0.3) is 0 Å². The third-order valence-electron chi connectivity index (χ3n) is 0.803. The zero-order chi connectivity index (χ0) is 8.41. The minimum atomic E-state index is -0.0370. The predicted octanol–water partition coefficient (Wildman–Crippen LogP) is 0.740. The minimum absolute atomic E-state index is 0.0370. The van der Waals surface area contributed by atoms with Gasteiger partial charge in [0.05, 0.1) is 0 Å². The summed E-state index contributed by atoms with van der Waals surface area (Å²) in [6.45, 7) is 7.25. The molecule has 0 amide bonds. The van der Waals surface area contributed by atoms with Gasteiger partial charge >= 0.3 is 0 Å². The van der Waals surface area contributed by atoms with Crippen molar-refractivity contribution in [3.63, 3.8) is 0 Å². The SMILES string of the molecule is CCOC(C)OCC.NO. The van der Waals surface area contributed by atoms with E-state index >= 15 is 0 Å². The monoisotopic (exact) mass is 151 g/mol. The van der Waals surface area contributed by atoms with Crippen molar-refractivity contribution in [2.75, 3.05) is 13.2 Å². The van der Waals surface area contributed by atoms with E-state index in [9.17, 15) is 0 Å². The molecule has 0 saturated heterocycles. The van der Waals surface area contributed by atoms with Crippen molar-refractivity contribution in [3.8, 4) is 0 Å². The van der Waals surface area contributed by atoms with Crippen LogP contribution in [0.1, 0.15) is 20.8 Å². The van der Waals surface area contributed by atoms with E-state index in [0.29, 0.717) is 0 Å². The molecule has 0 heterocycles. The lowest BCUT2D eigenvalue weighted by atomic mass is 10.7. The van der Waals surface area contributed by atoms with Gasteiger partial charge < -0.3 is 14.7 Å². The van der Waals surface area contributed by atoms with Gasteiger partial charge in [-0.1, -0.05) is 0 Å². The Morgan fingerprint density at radius 3 is 1.70 bits per heavy atom. The van der Waals surface area contributed by atoms with Crippen LogP contribution in [-0.2, 0) is 9.47 Å². The molecule has 0 aliphatic rings. The average molecular weight is 151 g/mol. The molecule has 0 bridgehead atoms. The lowest BCUT2D eigenvalue weighted by Crippen LogP contribution is -2.11. The van der Waals surface area contributed by atoms with Gasteiger partial charge in [-0.15, -0.1) is 0 Å². The molecule has 0 aromatic heterocycles. The van der Waals surface area contributed by atoms with Crippen LogP contribution in [0.5, 0.6) is 0 Å². The maximum Gasteiger partial charge on any atom is 0.154 e. The zero-order valence-electron chi connectivity index (χ0n) is 6.83. The first-order valence-corrected chi connectivity index (χ1v) is 3.30. The molecule has 0 aliphatic carbocycles. The van der Waals surface area contributed by atoms with Gasteiger partial charge in [0.1, 0.15) is 0 Å². The Morgan fingerprint density at radius 2 is 1.50 bits per heavy atom. The molecule has 0 radical (unpaired) electrons. The Bertz CT molecular complexity index is 46.3. The fourth-order valence-electron chi connectivity index (χ4n) is 0.518. The van der Waals surface area contributed by atoms with Crippen LogP contribution in [0.2, 0.25) is 0 Å². The summed E-state index contributed by atoms with van der Waals surface area (Å²) in [4.78, 5) is 0. The fourth-order valence-corrected chi connectivity index (χ4v) is 0.518. The summed E-state index contributed by atoms with van der Waals surface area (Å²) >= 11 is 0. The Hall–Kier alpha value is -0.160. The third-order valence-corrected chi connectivity index (χ3v) is 0.803. The highest BCUT2D eigenvalue weighted by Crippen LogP contribution is 1.90. The summed E-state index contributed by atoms with van der Waals surface area (Å²) in [5, 5.41) is 6.50. The van der Waals surface area contributed by atoms with E-state index in [2.05, 4.69) is 5.90 Å². The van der Waals surface area contributed by atoms with Gasteiger partial charge in [0.15, 0.2) is 6.29 Å². The number of hydrogen-bond acceptors (Lipinski definition) is 4.